The lowest BCUT2D eigenvalue weighted by atomic mass is 10.1. The molecule has 1 N–H and O–H groups in total. The second-order valence-corrected chi connectivity index (χ2v) is 7.69. The SMILES string of the molecule is CC(c1ccccc1)N(CCNC(=O)C1CCCO1)S(C)(=O)=O. The molecular formula is C16H24N2O4S. The van der Waals surface area contributed by atoms with Crippen molar-refractivity contribution in [2.45, 2.75) is 31.9 Å². The molecule has 1 saturated heterocycles. The molecule has 6 nitrogen and oxygen atoms in total. The van der Waals surface area contributed by atoms with Gasteiger partial charge in [0.25, 0.3) is 0 Å². The van der Waals surface area contributed by atoms with Crippen LogP contribution in [0.3, 0.4) is 0 Å². The van der Waals surface area contributed by atoms with Gasteiger partial charge in [-0.25, -0.2) is 8.42 Å². The van der Waals surface area contributed by atoms with Gasteiger partial charge in [0.15, 0.2) is 0 Å². The second kappa shape index (κ2) is 7.90. The molecule has 1 fully saturated rings. The van der Waals surface area contributed by atoms with Gasteiger partial charge >= 0.3 is 0 Å². The van der Waals surface area contributed by atoms with E-state index in [4.69, 9.17) is 4.74 Å². The monoisotopic (exact) mass is 340 g/mol. The van der Waals surface area contributed by atoms with Crippen LogP contribution >= 0.6 is 0 Å². The van der Waals surface area contributed by atoms with Crippen LogP contribution in [-0.2, 0) is 19.6 Å². The van der Waals surface area contributed by atoms with E-state index in [1.165, 1.54) is 10.6 Å². The van der Waals surface area contributed by atoms with Crippen LogP contribution in [-0.4, -0.2) is 50.7 Å². The summed E-state index contributed by atoms with van der Waals surface area (Å²) in [6.07, 6.45) is 2.41. The lowest BCUT2D eigenvalue weighted by Gasteiger charge is -2.27. The van der Waals surface area contributed by atoms with Gasteiger partial charge < -0.3 is 10.1 Å². The predicted octanol–water partition coefficient (Wildman–Crippen LogP) is 1.30. The highest BCUT2D eigenvalue weighted by Crippen LogP contribution is 2.22. The van der Waals surface area contributed by atoms with E-state index in [-0.39, 0.29) is 25.0 Å². The lowest BCUT2D eigenvalue weighted by molar-refractivity contribution is -0.130. The van der Waals surface area contributed by atoms with E-state index < -0.39 is 16.1 Å². The van der Waals surface area contributed by atoms with Crippen molar-refractivity contribution < 1.29 is 17.9 Å². The van der Waals surface area contributed by atoms with E-state index in [1.54, 1.807) is 0 Å². The minimum Gasteiger partial charge on any atom is -0.368 e. The summed E-state index contributed by atoms with van der Waals surface area (Å²) < 4.78 is 30.8. The van der Waals surface area contributed by atoms with Gasteiger partial charge in [0.2, 0.25) is 15.9 Å². The summed E-state index contributed by atoms with van der Waals surface area (Å²) in [5, 5.41) is 2.76. The quantitative estimate of drug-likeness (QED) is 0.812. The maximum Gasteiger partial charge on any atom is 0.249 e. The van der Waals surface area contributed by atoms with Crippen molar-refractivity contribution in [1.29, 1.82) is 0 Å². The average molecular weight is 340 g/mol. The molecule has 2 rings (SSSR count). The third-order valence-electron chi connectivity index (χ3n) is 3.99. The van der Waals surface area contributed by atoms with Crippen LogP contribution in [0.4, 0.5) is 0 Å². The normalized spacial score (nSPS) is 19.7. The topological polar surface area (TPSA) is 75.7 Å². The lowest BCUT2D eigenvalue weighted by Crippen LogP contribution is -2.42. The van der Waals surface area contributed by atoms with Gasteiger partial charge in [-0.1, -0.05) is 30.3 Å². The van der Waals surface area contributed by atoms with Crippen LogP contribution < -0.4 is 5.32 Å². The largest absolute Gasteiger partial charge is 0.368 e. The van der Waals surface area contributed by atoms with Gasteiger partial charge in [0.1, 0.15) is 6.10 Å². The number of sulfonamides is 1. The van der Waals surface area contributed by atoms with Crippen molar-refractivity contribution in [3.05, 3.63) is 35.9 Å². The molecule has 1 amide bonds. The zero-order valence-corrected chi connectivity index (χ0v) is 14.4. The number of carbonyl (C=O) groups is 1. The Labute approximate surface area is 137 Å². The van der Waals surface area contributed by atoms with Gasteiger partial charge in [-0.3, -0.25) is 4.79 Å². The first-order chi connectivity index (χ1) is 10.9. The molecule has 0 radical (unpaired) electrons. The molecule has 1 aliphatic rings. The Morgan fingerprint density at radius 3 is 2.65 bits per heavy atom. The van der Waals surface area contributed by atoms with Crippen LogP contribution in [0.1, 0.15) is 31.4 Å². The highest BCUT2D eigenvalue weighted by molar-refractivity contribution is 7.88. The maximum absolute atomic E-state index is 12.1. The summed E-state index contributed by atoms with van der Waals surface area (Å²) in [5.41, 5.74) is 0.920. The van der Waals surface area contributed by atoms with Crippen molar-refractivity contribution in [1.82, 2.24) is 9.62 Å². The Morgan fingerprint density at radius 1 is 1.39 bits per heavy atom. The molecule has 0 spiro atoms. The molecule has 0 bridgehead atoms. The first kappa shape index (κ1) is 17.9. The molecule has 7 heteroatoms. The highest BCUT2D eigenvalue weighted by atomic mass is 32.2. The van der Waals surface area contributed by atoms with Gasteiger partial charge in [-0.2, -0.15) is 4.31 Å². The minimum absolute atomic E-state index is 0.164. The van der Waals surface area contributed by atoms with E-state index in [2.05, 4.69) is 5.32 Å². The fourth-order valence-corrected chi connectivity index (χ4v) is 3.85. The number of hydrogen-bond donors (Lipinski definition) is 1. The number of nitrogens with zero attached hydrogens (tertiary/aromatic N) is 1. The first-order valence-corrected chi connectivity index (χ1v) is 9.65. The van der Waals surface area contributed by atoms with Crippen molar-refractivity contribution in [3.63, 3.8) is 0 Å². The molecule has 128 valence electrons. The summed E-state index contributed by atoms with van der Waals surface area (Å²) in [5.74, 6) is -0.164. The smallest absolute Gasteiger partial charge is 0.249 e. The summed E-state index contributed by atoms with van der Waals surface area (Å²) in [7, 11) is -3.38. The van der Waals surface area contributed by atoms with E-state index in [9.17, 15) is 13.2 Å². The Hall–Kier alpha value is -1.44. The number of nitrogens with one attached hydrogen (secondary N) is 1. The van der Waals surface area contributed by atoms with Crippen molar-refractivity contribution >= 4 is 15.9 Å². The number of carbonyl (C=O) groups excluding carboxylic acids is 1. The fourth-order valence-electron chi connectivity index (χ4n) is 2.73. The maximum atomic E-state index is 12.1. The van der Waals surface area contributed by atoms with Crippen LogP contribution in [0.25, 0.3) is 0 Å². The summed E-state index contributed by atoms with van der Waals surface area (Å²) in [4.78, 5) is 11.9. The molecule has 0 aliphatic carbocycles. The van der Waals surface area contributed by atoms with Crippen LogP contribution in [0, 0.1) is 0 Å². The number of hydrogen-bond acceptors (Lipinski definition) is 4. The van der Waals surface area contributed by atoms with Crippen LogP contribution in [0.2, 0.25) is 0 Å². The molecule has 2 atom stereocenters. The molecular weight excluding hydrogens is 316 g/mol. The minimum atomic E-state index is -3.38. The van der Waals surface area contributed by atoms with E-state index in [1.807, 2.05) is 37.3 Å². The van der Waals surface area contributed by atoms with Gasteiger partial charge in [0.05, 0.1) is 6.26 Å². The Kier molecular flexibility index (Phi) is 6.15. The molecule has 1 heterocycles. The number of amides is 1. The highest BCUT2D eigenvalue weighted by Gasteiger charge is 2.26. The second-order valence-electron chi connectivity index (χ2n) is 5.75. The molecule has 1 aliphatic heterocycles. The average Bonchev–Trinajstić information content (AvgIpc) is 3.05. The third kappa shape index (κ3) is 5.02. The molecule has 2 unspecified atom stereocenters. The van der Waals surface area contributed by atoms with Crippen molar-refractivity contribution in [3.8, 4) is 0 Å². The predicted molar refractivity (Wildman–Crippen MR) is 88.4 cm³/mol. The first-order valence-electron chi connectivity index (χ1n) is 7.80. The zero-order valence-electron chi connectivity index (χ0n) is 13.6. The Balaban J connectivity index is 1.95. The summed E-state index contributed by atoms with van der Waals surface area (Å²) in [6.45, 7) is 2.95. The number of benzene rings is 1. The van der Waals surface area contributed by atoms with Gasteiger partial charge in [0, 0.05) is 25.7 Å². The Bertz CT molecular complexity index is 612. The molecule has 1 aromatic carbocycles. The van der Waals surface area contributed by atoms with Crippen LogP contribution in [0.15, 0.2) is 30.3 Å². The van der Waals surface area contributed by atoms with Gasteiger partial charge in [-0.05, 0) is 25.3 Å². The molecule has 1 aromatic rings. The van der Waals surface area contributed by atoms with Gasteiger partial charge in [-0.15, -0.1) is 0 Å². The van der Waals surface area contributed by atoms with Crippen LogP contribution in [0.5, 0.6) is 0 Å². The number of ether oxygens (including phenoxy) is 1. The van der Waals surface area contributed by atoms with E-state index in [0.29, 0.717) is 6.61 Å². The third-order valence-corrected chi connectivity index (χ3v) is 5.34. The molecule has 0 saturated carbocycles. The molecule has 0 aromatic heterocycles. The fraction of sp³-hybridized carbons (Fsp3) is 0.562. The standard InChI is InChI=1S/C16H24N2O4S/c1-13(14-7-4-3-5-8-14)18(23(2,20)21)11-10-17-16(19)15-9-6-12-22-15/h3-5,7-8,13,15H,6,9-12H2,1-2H3,(H,17,19). The zero-order chi connectivity index (χ0) is 16.9. The van der Waals surface area contributed by atoms with Crippen molar-refractivity contribution in [2.75, 3.05) is 26.0 Å². The number of rotatable bonds is 7. The van der Waals surface area contributed by atoms with E-state index >= 15 is 0 Å². The summed E-state index contributed by atoms with van der Waals surface area (Å²) >= 11 is 0. The Morgan fingerprint density at radius 2 is 2.09 bits per heavy atom. The molecule has 23 heavy (non-hydrogen) atoms. The van der Waals surface area contributed by atoms with Crippen molar-refractivity contribution in [2.24, 2.45) is 0 Å². The summed E-state index contributed by atoms with van der Waals surface area (Å²) in [6, 6.07) is 9.16. The van der Waals surface area contributed by atoms with E-state index in [0.717, 1.165) is 18.4 Å².